The van der Waals surface area contributed by atoms with Crippen LogP contribution < -0.4 is 10.1 Å². The van der Waals surface area contributed by atoms with E-state index in [-0.39, 0.29) is 5.75 Å². The van der Waals surface area contributed by atoms with Gasteiger partial charge in [-0.3, -0.25) is 0 Å². The van der Waals surface area contributed by atoms with Crippen molar-refractivity contribution < 1.29 is 14.2 Å². The summed E-state index contributed by atoms with van der Waals surface area (Å²) in [5, 5.41) is 12.6. The smallest absolute Gasteiger partial charge is 0.142 e. The highest BCUT2D eigenvalue weighted by Gasteiger charge is 2.04. The SMILES string of the molecule is CCCOc1ccccc1NCc1cc(O)cc(F)c1. The molecule has 2 rings (SSSR count). The van der Waals surface area contributed by atoms with Crippen LogP contribution in [0.3, 0.4) is 0 Å². The zero-order chi connectivity index (χ0) is 14.4. The first-order valence-electron chi connectivity index (χ1n) is 6.63. The van der Waals surface area contributed by atoms with Crippen molar-refractivity contribution in [3.63, 3.8) is 0 Å². The molecule has 0 heterocycles. The van der Waals surface area contributed by atoms with Crippen LogP contribution in [0.4, 0.5) is 10.1 Å². The van der Waals surface area contributed by atoms with E-state index in [1.165, 1.54) is 12.1 Å². The molecule has 0 bridgehead atoms. The molecule has 0 atom stereocenters. The van der Waals surface area contributed by atoms with Gasteiger partial charge in [-0.2, -0.15) is 0 Å². The Morgan fingerprint density at radius 2 is 2.00 bits per heavy atom. The molecule has 2 aromatic carbocycles. The Kier molecular flexibility index (Phi) is 4.82. The molecule has 3 nitrogen and oxygen atoms in total. The number of hydrogen-bond acceptors (Lipinski definition) is 3. The summed E-state index contributed by atoms with van der Waals surface area (Å²) in [5.74, 6) is 0.254. The molecular weight excluding hydrogens is 257 g/mol. The Hall–Kier alpha value is -2.23. The molecule has 0 aromatic heterocycles. The van der Waals surface area contributed by atoms with Crippen LogP contribution in [0.1, 0.15) is 18.9 Å². The monoisotopic (exact) mass is 275 g/mol. The molecule has 0 unspecified atom stereocenters. The van der Waals surface area contributed by atoms with Crippen LogP contribution in [0.15, 0.2) is 42.5 Å². The molecule has 0 saturated carbocycles. The predicted molar refractivity (Wildman–Crippen MR) is 77.6 cm³/mol. The van der Waals surface area contributed by atoms with Gasteiger partial charge in [-0.25, -0.2) is 4.39 Å². The highest BCUT2D eigenvalue weighted by molar-refractivity contribution is 5.56. The third kappa shape index (κ3) is 3.88. The molecule has 0 aliphatic heterocycles. The number of anilines is 1. The molecule has 2 aromatic rings. The summed E-state index contributed by atoms with van der Waals surface area (Å²) in [6, 6.07) is 11.6. The van der Waals surface area contributed by atoms with Crippen molar-refractivity contribution in [2.45, 2.75) is 19.9 Å². The van der Waals surface area contributed by atoms with E-state index in [0.29, 0.717) is 18.7 Å². The molecular formula is C16H18FNO2. The minimum Gasteiger partial charge on any atom is -0.508 e. The largest absolute Gasteiger partial charge is 0.508 e. The summed E-state index contributed by atoms with van der Waals surface area (Å²) in [4.78, 5) is 0. The summed E-state index contributed by atoms with van der Waals surface area (Å²) >= 11 is 0. The van der Waals surface area contributed by atoms with Gasteiger partial charge in [0.2, 0.25) is 0 Å². The average Bonchev–Trinajstić information content (AvgIpc) is 2.43. The Bertz CT molecular complexity index is 552. The van der Waals surface area contributed by atoms with E-state index in [0.717, 1.165) is 23.9 Å². The van der Waals surface area contributed by atoms with E-state index in [4.69, 9.17) is 4.74 Å². The van der Waals surface area contributed by atoms with Crippen LogP contribution >= 0.6 is 0 Å². The van der Waals surface area contributed by atoms with Gasteiger partial charge in [0.15, 0.2) is 0 Å². The minimum atomic E-state index is -0.447. The number of halogens is 1. The van der Waals surface area contributed by atoms with Crippen LogP contribution in [-0.4, -0.2) is 11.7 Å². The fourth-order valence-corrected chi connectivity index (χ4v) is 1.88. The van der Waals surface area contributed by atoms with Crippen molar-refractivity contribution in [2.75, 3.05) is 11.9 Å². The lowest BCUT2D eigenvalue weighted by Crippen LogP contribution is -2.03. The van der Waals surface area contributed by atoms with Crippen LogP contribution in [0.25, 0.3) is 0 Å². The quantitative estimate of drug-likeness (QED) is 0.839. The lowest BCUT2D eigenvalue weighted by Gasteiger charge is -2.13. The Balaban J connectivity index is 2.06. The maximum atomic E-state index is 13.2. The minimum absolute atomic E-state index is 0.0719. The number of rotatable bonds is 6. The van der Waals surface area contributed by atoms with Crippen molar-refractivity contribution in [3.8, 4) is 11.5 Å². The molecule has 2 N–H and O–H groups in total. The number of nitrogens with one attached hydrogen (secondary N) is 1. The second-order valence-corrected chi connectivity index (χ2v) is 4.52. The van der Waals surface area contributed by atoms with Crippen molar-refractivity contribution in [1.82, 2.24) is 0 Å². The first kappa shape index (κ1) is 14.2. The number of hydrogen-bond donors (Lipinski definition) is 2. The Labute approximate surface area is 118 Å². The van der Waals surface area contributed by atoms with E-state index in [1.54, 1.807) is 0 Å². The zero-order valence-electron chi connectivity index (χ0n) is 11.4. The molecule has 0 aliphatic rings. The van der Waals surface area contributed by atoms with Gasteiger partial charge >= 0.3 is 0 Å². The van der Waals surface area contributed by atoms with Gasteiger partial charge in [0, 0.05) is 12.6 Å². The highest BCUT2D eigenvalue weighted by Crippen LogP contribution is 2.25. The molecule has 0 saturated heterocycles. The zero-order valence-corrected chi connectivity index (χ0v) is 11.4. The summed E-state index contributed by atoms with van der Waals surface area (Å²) in [6.45, 7) is 3.11. The standard InChI is InChI=1S/C16H18FNO2/c1-2-7-20-16-6-4-3-5-15(16)18-11-12-8-13(17)10-14(19)9-12/h3-6,8-10,18-19H,2,7,11H2,1H3. The predicted octanol–water partition coefficient (Wildman–Crippen LogP) is 3.93. The van der Waals surface area contributed by atoms with E-state index in [9.17, 15) is 9.50 Å². The second kappa shape index (κ2) is 6.80. The molecule has 0 amide bonds. The molecule has 0 aliphatic carbocycles. The maximum absolute atomic E-state index is 13.2. The van der Waals surface area contributed by atoms with E-state index < -0.39 is 5.82 Å². The van der Waals surface area contributed by atoms with Crippen LogP contribution in [0.5, 0.6) is 11.5 Å². The number of para-hydroxylation sites is 2. The van der Waals surface area contributed by atoms with Crippen LogP contribution in [0.2, 0.25) is 0 Å². The van der Waals surface area contributed by atoms with Gasteiger partial charge in [0.25, 0.3) is 0 Å². The highest BCUT2D eigenvalue weighted by atomic mass is 19.1. The number of ether oxygens (including phenoxy) is 1. The third-order valence-electron chi connectivity index (χ3n) is 2.77. The van der Waals surface area contributed by atoms with Gasteiger partial charge in [-0.15, -0.1) is 0 Å². The lowest BCUT2D eigenvalue weighted by molar-refractivity contribution is 0.319. The topological polar surface area (TPSA) is 41.5 Å². The van der Waals surface area contributed by atoms with Crippen LogP contribution in [-0.2, 0) is 6.54 Å². The second-order valence-electron chi connectivity index (χ2n) is 4.52. The summed E-state index contributed by atoms with van der Waals surface area (Å²) in [5.41, 5.74) is 1.53. The number of aromatic hydroxyl groups is 1. The van der Waals surface area contributed by atoms with Gasteiger partial charge in [-0.1, -0.05) is 19.1 Å². The molecule has 0 spiro atoms. The van der Waals surface area contributed by atoms with Crippen molar-refractivity contribution in [3.05, 3.63) is 53.8 Å². The first-order valence-corrected chi connectivity index (χ1v) is 6.63. The van der Waals surface area contributed by atoms with Crippen molar-refractivity contribution >= 4 is 5.69 Å². The van der Waals surface area contributed by atoms with Crippen molar-refractivity contribution in [1.29, 1.82) is 0 Å². The molecule has 20 heavy (non-hydrogen) atoms. The summed E-state index contributed by atoms with van der Waals surface area (Å²) in [7, 11) is 0. The molecule has 106 valence electrons. The van der Waals surface area contributed by atoms with Crippen molar-refractivity contribution in [2.24, 2.45) is 0 Å². The Morgan fingerprint density at radius 1 is 1.20 bits per heavy atom. The van der Waals surface area contributed by atoms with E-state index in [2.05, 4.69) is 5.32 Å². The van der Waals surface area contributed by atoms with Crippen LogP contribution in [0, 0.1) is 5.82 Å². The van der Waals surface area contributed by atoms with E-state index in [1.807, 2.05) is 31.2 Å². The number of phenolic OH excluding ortho intramolecular Hbond substituents is 1. The fourth-order valence-electron chi connectivity index (χ4n) is 1.88. The van der Waals surface area contributed by atoms with Gasteiger partial charge in [0.1, 0.15) is 17.3 Å². The maximum Gasteiger partial charge on any atom is 0.142 e. The van der Waals surface area contributed by atoms with Gasteiger partial charge < -0.3 is 15.2 Å². The fraction of sp³-hybridized carbons (Fsp3) is 0.250. The molecule has 0 fully saturated rings. The summed E-state index contributed by atoms with van der Waals surface area (Å²) in [6.07, 6.45) is 0.937. The van der Waals surface area contributed by atoms with Gasteiger partial charge in [-0.05, 0) is 36.2 Å². The first-order chi connectivity index (χ1) is 9.69. The average molecular weight is 275 g/mol. The molecule has 4 heteroatoms. The normalized spacial score (nSPS) is 10.3. The number of benzene rings is 2. The third-order valence-corrected chi connectivity index (χ3v) is 2.77. The van der Waals surface area contributed by atoms with E-state index >= 15 is 0 Å². The lowest BCUT2D eigenvalue weighted by atomic mass is 10.2. The van der Waals surface area contributed by atoms with Gasteiger partial charge in [0.05, 0.1) is 12.3 Å². The number of phenols is 1. The molecule has 0 radical (unpaired) electrons. The Morgan fingerprint density at radius 3 is 2.75 bits per heavy atom. The summed E-state index contributed by atoms with van der Waals surface area (Å²) < 4.78 is 18.8.